The van der Waals surface area contributed by atoms with Crippen molar-refractivity contribution in [2.75, 3.05) is 0 Å². The van der Waals surface area contributed by atoms with Crippen LogP contribution >= 0.6 is 9.24 Å². The minimum atomic E-state index is -4.03. The van der Waals surface area contributed by atoms with Crippen molar-refractivity contribution in [2.45, 2.75) is 70.3 Å². The fraction of sp³-hybridized carbons (Fsp3) is 0.538. The molecule has 1 nitrogen and oxygen atoms in total. The van der Waals surface area contributed by atoms with Gasteiger partial charge in [-0.3, -0.25) is 0 Å². The van der Waals surface area contributed by atoms with E-state index in [9.17, 15) is 22.0 Å². The van der Waals surface area contributed by atoms with E-state index in [0.29, 0.717) is 12.0 Å². The minimum absolute atomic E-state index is 0.160. The third kappa shape index (κ3) is 5.53. The highest BCUT2D eigenvalue weighted by Gasteiger charge is 2.39. The van der Waals surface area contributed by atoms with Gasteiger partial charge in [0.1, 0.15) is 11.6 Å². The first-order valence-electron chi connectivity index (χ1n) is 11.7. The quantitative estimate of drug-likeness (QED) is 0.310. The molecule has 1 unspecified atom stereocenters. The monoisotopic (exact) mass is 484 g/mol. The molecule has 2 aromatic rings. The zero-order valence-corrected chi connectivity index (χ0v) is 19.9. The average Bonchev–Trinajstić information content (AvgIpc) is 2.77. The summed E-state index contributed by atoms with van der Waals surface area (Å²) < 4.78 is 75.5. The van der Waals surface area contributed by atoms with Crippen LogP contribution in [0.4, 0.5) is 22.0 Å². The van der Waals surface area contributed by atoms with E-state index in [4.69, 9.17) is 0 Å². The summed E-state index contributed by atoms with van der Waals surface area (Å²) in [4.78, 5) is 0. The largest absolute Gasteiger partial charge is 0.429 e. The normalized spacial score (nSPS) is 26.3. The van der Waals surface area contributed by atoms with E-state index in [1.165, 1.54) is 37.8 Å². The Morgan fingerprint density at radius 2 is 1.42 bits per heavy atom. The maximum Gasteiger partial charge on any atom is 0.429 e. The van der Waals surface area contributed by atoms with Gasteiger partial charge in [0, 0.05) is 11.4 Å². The summed E-state index contributed by atoms with van der Waals surface area (Å²) >= 11 is 0. The molecule has 2 fully saturated rings. The van der Waals surface area contributed by atoms with Crippen LogP contribution < -0.4 is 10.0 Å². The van der Waals surface area contributed by atoms with E-state index in [1.54, 1.807) is 0 Å². The molecular weight excluding hydrogens is 454 g/mol. The maximum absolute atomic E-state index is 14.7. The fourth-order valence-electron chi connectivity index (χ4n) is 5.55. The Bertz CT molecular complexity index is 956. The molecule has 2 aromatic carbocycles. The SMILES string of the molecule is CC1CCC(C2CCC(c3ccc(C(F)(F)Oc4cc(F)c(F)c(P)c4)c(F)c3)CC2)CC1. The van der Waals surface area contributed by atoms with Gasteiger partial charge in [0.25, 0.3) is 0 Å². The summed E-state index contributed by atoms with van der Waals surface area (Å²) in [5.74, 6) is -1.64. The van der Waals surface area contributed by atoms with Crippen LogP contribution in [0, 0.1) is 35.2 Å². The first-order valence-corrected chi connectivity index (χ1v) is 12.3. The molecule has 0 spiro atoms. The Balaban J connectivity index is 1.41. The predicted molar refractivity (Wildman–Crippen MR) is 122 cm³/mol. The summed E-state index contributed by atoms with van der Waals surface area (Å²) in [6, 6.07) is 5.20. The van der Waals surface area contributed by atoms with Crippen LogP contribution in [0.5, 0.6) is 5.75 Å². The van der Waals surface area contributed by atoms with Gasteiger partial charge in [-0.2, -0.15) is 8.78 Å². The molecule has 33 heavy (non-hydrogen) atoms. The van der Waals surface area contributed by atoms with Crippen LogP contribution in [0.2, 0.25) is 0 Å². The summed E-state index contributed by atoms with van der Waals surface area (Å²) in [5, 5.41) is -0.255. The van der Waals surface area contributed by atoms with Gasteiger partial charge >= 0.3 is 6.11 Å². The fourth-order valence-corrected chi connectivity index (χ4v) is 5.85. The predicted octanol–water partition coefficient (Wildman–Crippen LogP) is 7.83. The van der Waals surface area contributed by atoms with Gasteiger partial charge in [-0.05, 0) is 86.0 Å². The first kappa shape index (κ1) is 24.4. The summed E-state index contributed by atoms with van der Waals surface area (Å²) in [7, 11) is 1.91. The van der Waals surface area contributed by atoms with Crippen LogP contribution in [-0.4, -0.2) is 0 Å². The van der Waals surface area contributed by atoms with Gasteiger partial charge in [-0.15, -0.1) is 9.24 Å². The molecule has 0 radical (unpaired) electrons. The Labute approximate surface area is 194 Å². The second-order valence-corrected chi connectivity index (χ2v) is 10.4. The van der Waals surface area contributed by atoms with Crippen molar-refractivity contribution < 1.29 is 26.7 Å². The van der Waals surface area contributed by atoms with Gasteiger partial charge in [0.05, 0.1) is 5.56 Å². The van der Waals surface area contributed by atoms with Crippen molar-refractivity contribution in [1.29, 1.82) is 0 Å². The number of ether oxygens (including phenoxy) is 1. The Kier molecular flexibility index (Phi) is 7.33. The van der Waals surface area contributed by atoms with E-state index in [-0.39, 0.29) is 11.2 Å². The lowest BCUT2D eigenvalue weighted by atomic mass is 9.68. The number of alkyl halides is 2. The molecule has 0 amide bonds. The molecule has 0 bridgehead atoms. The van der Waals surface area contributed by atoms with Crippen LogP contribution in [0.1, 0.15) is 75.3 Å². The molecule has 0 aromatic heterocycles. The summed E-state index contributed by atoms with van der Waals surface area (Å²) in [6.45, 7) is 2.32. The highest BCUT2D eigenvalue weighted by molar-refractivity contribution is 7.27. The minimum Gasteiger partial charge on any atom is -0.429 e. The molecule has 0 saturated heterocycles. The molecule has 2 saturated carbocycles. The molecule has 2 aliphatic carbocycles. The molecule has 2 aliphatic rings. The number of hydrogen-bond donors (Lipinski definition) is 0. The average molecular weight is 484 g/mol. The van der Waals surface area contributed by atoms with Crippen molar-refractivity contribution in [3.8, 4) is 5.75 Å². The van der Waals surface area contributed by atoms with Gasteiger partial charge in [-0.1, -0.05) is 25.8 Å². The first-order chi connectivity index (χ1) is 15.6. The van der Waals surface area contributed by atoms with E-state index >= 15 is 0 Å². The second-order valence-electron chi connectivity index (χ2n) is 9.80. The lowest BCUT2D eigenvalue weighted by molar-refractivity contribution is -0.187. The third-order valence-corrected chi connectivity index (χ3v) is 7.97. The lowest BCUT2D eigenvalue weighted by Gasteiger charge is -2.37. The van der Waals surface area contributed by atoms with Gasteiger partial charge < -0.3 is 4.74 Å². The van der Waals surface area contributed by atoms with Crippen molar-refractivity contribution >= 4 is 14.5 Å². The molecule has 180 valence electrons. The molecule has 0 heterocycles. The van der Waals surface area contributed by atoms with Crippen molar-refractivity contribution in [2.24, 2.45) is 17.8 Å². The van der Waals surface area contributed by atoms with Crippen LogP contribution in [0.15, 0.2) is 30.3 Å². The third-order valence-electron chi connectivity index (χ3n) is 7.55. The number of rotatable bonds is 5. The van der Waals surface area contributed by atoms with E-state index in [0.717, 1.165) is 55.2 Å². The van der Waals surface area contributed by atoms with Crippen LogP contribution in [-0.2, 0) is 6.11 Å². The molecular formula is C26H30F5OP. The molecule has 0 N–H and O–H groups in total. The van der Waals surface area contributed by atoms with Gasteiger partial charge in [0.15, 0.2) is 11.6 Å². The molecule has 1 atom stereocenters. The topological polar surface area (TPSA) is 9.23 Å². The standard InChI is InChI=1S/C26H30F5OP/c1-15-2-4-16(5-3-15)17-6-8-18(9-7-17)19-10-11-21(22(27)12-19)26(30,31)32-20-13-23(28)25(29)24(33)14-20/h10-18H,2-9,33H2,1H3. The molecule has 0 aliphatic heterocycles. The van der Waals surface area contributed by atoms with Crippen molar-refractivity contribution in [1.82, 2.24) is 0 Å². The number of hydrogen-bond acceptors (Lipinski definition) is 1. The molecule has 4 rings (SSSR count). The Morgan fingerprint density at radius 1 is 0.818 bits per heavy atom. The van der Waals surface area contributed by atoms with Crippen LogP contribution in [0.3, 0.4) is 0 Å². The molecule has 7 heteroatoms. The smallest absolute Gasteiger partial charge is 0.429 e. The second kappa shape index (κ2) is 9.90. The number of halogens is 5. The van der Waals surface area contributed by atoms with E-state index < -0.39 is 34.9 Å². The van der Waals surface area contributed by atoms with Gasteiger partial charge in [-0.25, -0.2) is 13.2 Å². The van der Waals surface area contributed by atoms with E-state index in [1.807, 2.05) is 9.24 Å². The maximum atomic E-state index is 14.7. The Hall–Kier alpha value is -1.68. The van der Waals surface area contributed by atoms with E-state index in [2.05, 4.69) is 11.7 Å². The highest BCUT2D eigenvalue weighted by atomic mass is 31.0. The zero-order chi connectivity index (χ0) is 23.8. The summed E-state index contributed by atoms with van der Waals surface area (Å²) in [5.41, 5.74) is -0.200. The lowest BCUT2D eigenvalue weighted by Crippen LogP contribution is -2.25. The number of benzene rings is 2. The highest BCUT2D eigenvalue weighted by Crippen LogP contribution is 2.44. The summed E-state index contributed by atoms with van der Waals surface area (Å²) in [6.07, 6.45) is 5.24. The Morgan fingerprint density at radius 3 is 2.00 bits per heavy atom. The van der Waals surface area contributed by atoms with Crippen molar-refractivity contribution in [3.63, 3.8) is 0 Å². The van der Waals surface area contributed by atoms with Crippen molar-refractivity contribution in [3.05, 3.63) is 58.9 Å². The van der Waals surface area contributed by atoms with Crippen LogP contribution in [0.25, 0.3) is 0 Å². The van der Waals surface area contributed by atoms with Gasteiger partial charge in [0.2, 0.25) is 0 Å². The zero-order valence-electron chi connectivity index (χ0n) is 18.7.